The molecule has 10 N–H and O–H groups in total. The highest BCUT2D eigenvalue weighted by atomic mass is 19.4. The molecule has 604 valence electrons. The Hall–Kier alpha value is -7.95. The number of alkyl halides is 3. The molecule has 3 aromatic rings. The number of rotatable bonds is 40. The normalized spacial score (nSPS) is 18.7. The van der Waals surface area contributed by atoms with E-state index in [2.05, 4.69) is 42.0 Å². The summed E-state index contributed by atoms with van der Waals surface area (Å²) in [7, 11) is 8.27. The second-order valence-electron chi connectivity index (χ2n) is 29.3. The topological polar surface area (TPSA) is 325 Å². The van der Waals surface area contributed by atoms with Gasteiger partial charge in [0.1, 0.15) is 30.2 Å². The van der Waals surface area contributed by atoms with Crippen molar-refractivity contribution in [2.24, 2.45) is 41.2 Å². The number of aliphatic hydroxyl groups excluding tert-OH is 1. The van der Waals surface area contributed by atoms with E-state index in [1.165, 1.54) is 14.2 Å². The molecule has 2 fully saturated rings. The number of likely N-dealkylation sites (tertiary alicyclic amines) is 2. The molecule has 3 aromatic carbocycles. The predicted molar refractivity (Wildman–Crippen MR) is 386 cm³/mol. The molecule has 33 heteroatoms. The van der Waals surface area contributed by atoms with Crippen molar-refractivity contribution in [3.63, 3.8) is 0 Å². The first-order chi connectivity index (χ1) is 50.8. The van der Waals surface area contributed by atoms with Crippen molar-refractivity contribution >= 4 is 58.9 Å². The first kappa shape index (κ1) is 90.7. The van der Waals surface area contributed by atoms with Crippen molar-refractivity contribution in [1.82, 2.24) is 51.5 Å². The van der Waals surface area contributed by atoms with Gasteiger partial charge >= 0.3 is 12.1 Å². The minimum Gasteiger partial charge on any atom is -0.420 e. The van der Waals surface area contributed by atoms with Gasteiger partial charge in [0.15, 0.2) is 6.35 Å². The zero-order chi connectivity index (χ0) is 80.8. The number of halogens is 8. The fourth-order valence-corrected chi connectivity index (χ4v) is 14.0. The third kappa shape index (κ3) is 25.3. The van der Waals surface area contributed by atoms with Crippen molar-refractivity contribution in [1.29, 1.82) is 0 Å². The van der Waals surface area contributed by atoms with Crippen LogP contribution in [0.15, 0.2) is 54.6 Å². The van der Waals surface area contributed by atoms with Gasteiger partial charge in [0, 0.05) is 52.9 Å². The summed E-state index contributed by atoms with van der Waals surface area (Å²) in [4.78, 5) is 132. The summed E-state index contributed by atoms with van der Waals surface area (Å²) in [5.41, 5.74) is 7.03. The fourth-order valence-electron chi connectivity index (χ4n) is 14.0. The van der Waals surface area contributed by atoms with Gasteiger partial charge in [-0.2, -0.15) is 22.0 Å². The van der Waals surface area contributed by atoms with Gasteiger partial charge in [-0.15, -0.1) is 0 Å². The Balaban J connectivity index is 1.21. The highest BCUT2D eigenvalue weighted by molar-refractivity contribution is 5.98. The number of carbonyl (C=O) groups is 9. The number of hydrogen-bond acceptors (Lipinski definition) is 17. The van der Waals surface area contributed by atoms with Gasteiger partial charge in [-0.3, -0.25) is 64.0 Å². The minimum absolute atomic E-state index is 0.0183. The van der Waals surface area contributed by atoms with Gasteiger partial charge in [0.25, 0.3) is 0 Å². The molecule has 25 nitrogen and oxygen atoms in total. The third-order valence-corrected chi connectivity index (χ3v) is 20.1. The van der Waals surface area contributed by atoms with Crippen LogP contribution in [0.4, 0.5) is 40.8 Å². The zero-order valence-corrected chi connectivity index (χ0v) is 64.1. The Bertz CT molecular complexity index is 3450. The number of amides is 8. The Morgan fingerprint density at radius 1 is 0.685 bits per heavy atom. The van der Waals surface area contributed by atoms with E-state index in [9.17, 15) is 83.4 Å². The van der Waals surface area contributed by atoms with Crippen LogP contribution >= 0.6 is 0 Å². The fraction of sp³-hybridized carbons (Fsp3) is 0.640. The molecule has 0 aliphatic carbocycles. The van der Waals surface area contributed by atoms with Crippen LogP contribution in [0.1, 0.15) is 138 Å². The van der Waals surface area contributed by atoms with Gasteiger partial charge < -0.3 is 61.0 Å². The molecule has 108 heavy (non-hydrogen) atoms. The second kappa shape index (κ2) is 42.3. The maximum absolute atomic E-state index is 14.7. The molecular formula is C75H110F8N12O13. The number of carbonyl (C=O) groups excluding carboxylic acids is 9. The highest BCUT2D eigenvalue weighted by Crippen LogP contribution is 2.38. The summed E-state index contributed by atoms with van der Waals surface area (Å²) >= 11 is 0. The van der Waals surface area contributed by atoms with Crippen molar-refractivity contribution in [2.75, 3.05) is 66.9 Å². The average molecular weight is 1540 g/mol. The van der Waals surface area contributed by atoms with E-state index in [-0.39, 0.29) is 99.3 Å². The van der Waals surface area contributed by atoms with E-state index in [1.807, 2.05) is 78.7 Å². The van der Waals surface area contributed by atoms with E-state index in [1.54, 1.807) is 74.0 Å². The number of nitrogens with one attached hydrogen (secondary N) is 7. The number of benzene rings is 3. The van der Waals surface area contributed by atoms with Gasteiger partial charge in [-0.25, -0.2) is 13.2 Å². The number of likely N-dealkylation sites (N-methyl/N-ethyl adjacent to an activating group) is 2. The average Bonchev–Trinajstić information content (AvgIpc) is 1.49. The van der Waals surface area contributed by atoms with Crippen molar-refractivity contribution in [3.8, 4) is 5.75 Å². The number of aliphatic hydroxyl groups is 1. The lowest BCUT2D eigenvalue weighted by molar-refractivity contribution is -0.197. The molecule has 5 rings (SSSR count). The van der Waals surface area contributed by atoms with Crippen molar-refractivity contribution in [3.05, 3.63) is 94.8 Å². The molecule has 0 saturated carbocycles. The lowest BCUT2D eigenvalue weighted by atomic mass is 9.89. The summed E-state index contributed by atoms with van der Waals surface area (Å²) < 4.78 is 129. The first-order valence-electron chi connectivity index (χ1n) is 36.7. The zero-order valence-electron chi connectivity index (χ0n) is 64.1. The number of nitrogens with zero attached hydrogens (tertiary/aromatic N) is 4. The summed E-state index contributed by atoms with van der Waals surface area (Å²) in [6.07, 6.45) is -8.04. The van der Waals surface area contributed by atoms with Crippen LogP contribution in [0, 0.1) is 64.6 Å². The Kier molecular flexibility index (Phi) is 35.5. The number of piperidine rings is 1. The van der Waals surface area contributed by atoms with Crippen LogP contribution in [0.25, 0.3) is 0 Å². The van der Waals surface area contributed by atoms with Gasteiger partial charge in [-0.05, 0) is 126 Å². The molecule has 14 atom stereocenters. The van der Waals surface area contributed by atoms with Gasteiger partial charge in [0.2, 0.25) is 82.1 Å². The van der Waals surface area contributed by atoms with Crippen LogP contribution in [0.3, 0.4) is 0 Å². The molecule has 0 radical (unpaired) electrons. The molecule has 2 heterocycles. The number of hydrogen-bond donors (Lipinski definition) is 9. The lowest BCUT2D eigenvalue weighted by Gasteiger charge is -2.41. The van der Waals surface area contributed by atoms with E-state index < -0.39 is 181 Å². The number of nitrogens with two attached hydrogens (primary N) is 1. The molecular weight excluding hydrogens is 1430 g/mol. The highest BCUT2D eigenvalue weighted by Gasteiger charge is 2.49. The number of anilines is 1. The molecule has 2 aliphatic rings. The maximum atomic E-state index is 14.7. The minimum atomic E-state index is -4.99. The summed E-state index contributed by atoms with van der Waals surface area (Å²) in [6.45, 7) is 16.1. The molecule has 2 aliphatic heterocycles. The van der Waals surface area contributed by atoms with Gasteiger partial charge in [-0.1, -0.05) is 111 Å². The smallest absolute Gasteiger partial charge is 0.404 e. The summed E-state index contributed by atoms with van der Waals surface area (Å²) in [6, 6.07) is 6.96. The lowest BCUT2D eigenvalue weighted by Crippen LogP contribution is -2.59. The third-order valence-electron chi connectivity index (χ3n) is 20.1. The largest absolute Gasteiger partial charge is 0.420 e. The second-order valence-corrected chi connectivity index (χ2v) is 29.3. The monoisotopic (exact) mass is 1540 g/mol. The van der Waals surface area contributed by atoms with Crippen molar-refractivity contribution < 1.29 is 97.6 Å². The van der Waals surface area contributed by atoms with Crippen LogP contribution in [-0.2, 0) is 65.6 Å². The quantitative estimate of drug-likeness (QED) is 0.00553. The van der Waals surface area contributed by atoms with Crippen molar-refractivity contribution in [2.45, 2.75) is 213 Å². The number of esters is 1. The molecule has 0 aromatic heterocycles. The molecule has 0 spiro atoms. The SMILES string of the molecule is CC[C@H](C)[C@@H]([C@@H](CC(=O)N1CCC[C@H]1[C@H](OC)[C@@H](C)C(=O)N[C@@H](Cc1ccccc1)C(=O)NCc1ccc(NC(=O)[C@H](CCCNC(N)O)NC(=O)[C@@H](NC(=O)CCCN2CC[C@@H](C(=O)Oc3c(F)c(F)c(F)c(F)c3F)C[C@H]2C(F)(F)F)C(C)C)cc1)OC)N(C)C(=O)[C@@H](NC(=O)[C@H](C(C)C)N(C)C)C(C)C. The Morgan fingerprint density at radius 3 is 1.85 bits per heavy atom. The number of ether oxygens (including phenoxy) is 3. The molecule has 2 saturated heterocycles. The molecule has 0 bridgehead atoms. The van der Waals surface area contributed by atoms with Crippen LogP contribution in [0.2, 0.25) is 0 Å². The van der Waals surface area contributed by atoms with Gasteiger partial charge in [0.05, 0.1) is 48.6 Å². The standard InChI is InChI=1S/C75H110F8N12O13/c1-15-43(8)64(93(12)72(103)62(41(4)5)91-71(102)63(42(6)7)92(10)11)52(106-13)38-55(97)95-34-20-25-51(95)65(107-14)44(9)67(98)89-50(36-45-22-17-16-18-23-45)68(99)86-39-46-27-29-48(30-28-46)87-69(100)49(24-19-32-85-74(84)105)88-70(101)61(40(2)3)90-54(96)26-21-33-94-35-31-47(37-53(94)75(81,82)83)73(104)108-66-59(79)57(77)56(76)58(78)60(66)80/h16-18,22-23,27-30,40-44,47,49-53,61-65,74,85,105H,15,19-21,24-26,31-39,84H2,1-14H3,(H,86,99)(H,87,100)(H,88,101)(H,89,98)(H,90,96)(H,91,102)/t43-,44+,47+,49-,50-,51-,52+,53-,61-,62-,63-,64-,65+,74?/m0/s1. The molecule has 1 unspecified atom stereocenters. The van der Waals surface area contributed by atoms with E-state index in [4.69, 9.17) is 15.2 Å². The first-order valence-corrected chi connectivity index (χ1v) is 36.7. The van der Waals surface area contributed by atoms with Crippen LogP contribution < -0.4 is 47.7 Å². The Labute approximate surface area is 626 Å². The number of methoxy groups -OCH3 is 2. The Morgan fingerprint density at radius 2 is 1.30 bits per heavy atom. The maximum Gasteiger partial charge on any atom is 0.404 e. The van der Waals surface area contributed by atoms with E-state index in [0.717, 1.165) is 10.5 Å². The molecule has 8 amide bonds. The summed E-state index contributed by atoms with van der Waals surface area (Å²) in [5.74, 6) is -23.7. The van der Waals surface area contributed by atoms with E-state index in [0.29, 0.717) is 31.4 Å². The van der Waals surface area contributed by atoms with Crippen LogP contribution in [-0.4, -0.2) is 213 Å². The summed E-state index contributed by atoms with van der Waals surface area (Å²) in [5, 5.41) is 29.1. The predicted octanol–water partition coefficient (Wildman–Crippen LogP) is 6.57. The van der Waals surface area contributed by atoms with E-state index >= 15 is 0 Å². The van der Waals surface area contributed by atoms with Crippen LogP contribution in [0.5, 0.6) is 5.75 Å².